The molecular formula is C19H22F2N2O3. The summed E-state index contributed by atoms with van der Waals surface area (Å²) in [6.07, 6.45) is 0.737. The zero-order valence-corrected chi connectivity index (χ0v) is 14.8. The predicted molar refractivity (Wildman–Crippen MR) is 95.7 cm³/mol. The van der Waals surface area contributed by atoms with Gasteiger partial charge in [0.15, 0.2) is 11.5 Å². The van der Waals surface area contributed by atoms with Gasteiger partial charge in [-0.3, -0.25) is 4.79 Å². The lowest BCUT2D eigenvalue weighted by Crippen LogP contribution is -2.27. The summed E-state index contributed by atoms with van der Waals surface area (Å²) in [4.78, 5) is 11.8. The molecule has 2 N–H and O–H groups in total. The quantitative estimate of drug-likeness (QED) is 0.718. The van der Waals surface area contributed by atoms with E-state index in [1.165, 1.54) is 6.07 Å². The largest absolute Gasteiger partial charge is 0.493 e. The van der Waals surface area contributed by atoms with Gasteiger partial charge in [0.1, 0.15) is 17.3 Å². The van der Waals surface area contributed by atoms with Crippen LogP contribution in [0.1, 0.15) is 12.0 Å². The van der Waals surface area contributed by atoms with E-state index in [4.69, 9.17) is 9.47 Å². The van der Waals surface area contributed by atoms with E-state index >= 15 is 0 Å². The molecule has 0 aliphatic rings. The molecule has 0 saturated heterocycles. The summed E-state index contributed by atoms with van der Waals surface area (Å²) < 4.78 is 37.3. The highest BCUT2D eigenvalue weighted by atomic mass is 19.1. The van der Waals surface area contributed by atoms with E-state index in [0.717, 1.165) is 17.7 Å². The number of hydrogen-bond donors (Lipinski definition) is 2. The van der Waals surface area contributed by atoms with E-state index in [0.29, 0.717) is 24.5 Å². The van der Waals surface area contributed by atoms with Gasteiger partial charge in [-0.25, -0.2) is 8.78 Å². The summed E-state index contributed by atoms with van der Waals surface area (Å²) in [7, 11) is 3.13. The molecule has 140 valence electrons. The average molecular weight is 364 g/mol. The van der Waals surface area contributed by atoms with Crippen LogP contribution in [-0.2, 0) is 11.2 Å². The number of ether oxygens (including phenoxy) is 2. The molecule has 0 aromatic heterocycles. The van der Waals surface area contributed by atoms with Crippen molar-refractivity contribution in [2.45, 2.75) is 12.8 Å². The van der Waals surface area contributed by atoms with E-state index < -0.39 is 11.6 Å². The van der Waals surface area contributed by atoms with Crippen molar-refractivity contribution in [1.29, 1.82) is 0 Å². The summed E-state index contributed by atoms with van der Waals surface area (Å²) in [6.45, 7) is 0.586. The Bertz CT molecular complexity index is 733. The fraction of sp³-hybridized carbons (Fsp3) is 0.316. The summed E-state index contributed by atoms with van der Waals surface area (Å²) >= 11 is 0. The molecule has 26 heavy (non-hydrogen) atoms. The normalized spacial score (nSPS) is 10.3. The Morgan fingerprint density at radius 1 is 1.00 bits per heavy atom. The van der Waals surface area contributed by atoms with Crippen molar-refractivity contribution in [3.63, 3.8) is 0 Å². The number of hydrogen-bond acceptors (Lipinski definition) is 4. The van der Waals surface area contributed by atoms with Crippen molar-refractivity contribution in [2.24, 2.45) is 0 Å². The van der Waals surface area contributed by atoms with E-state index in [1.807, 2.05) is 18.2 Å². The summed E-state index contributed by atoms with van der Waals surface area (Å²) in [5.41, 5.74) is 0.778. The highest BCUT2D eigenvalue weighted by molar-refractivity contribution is 5.76. The molecule has 0 spiro atoms. The van der Waals surface area contributed by atoms with Gasteiger partial charge in [-0.05, 0) is 36.2 Å². The highest BCUT2D eigenvalue weighted by Crippen LogP contribution is 2.27. The number of nitrogens with one attached hydrogen (secondary N) is 2. The first kappa shape index (κ1) is 19.5. The minimum atomic E-state index is -0.682. The molecule has 7 heteroatoms. The molecule has 0 bridgehead atoms. The van der Waals surface area contributed by atoms with Crippen LogP contribution in [0, 0.1) is 11.6 Å². The van der Waals surface area contributed by atoms with Crippen LogP contribution in [-0.4, -0.2) is 33.2 Å². The number of carbonyl (C=O) groups is 1. The fourth-order valence-corrected chi connectivity index (χ4v) is 2.44. The Hall–Kier alpha value is -2.83. The number of para-hydroxylation sites is 1. The van der Waals surface area contributed by atoms with Gasteiger partial charge in [0, 0.05) is 19.5 Å². The molecule has 0 aliphatic heterocycles. The van der Waals surface area contributed by atoms with Crippen molar-refractivity contribution in [2.75, 3.05) is 32.6 Å². The van der Waals surface area contributed by atoms with Crippen LogP contribution in [0.4, 0.5) is 14.5 Å². The third-order valence-electron chi connectivity index (χ3n) is 3.80. The lowest BCUT2D eigenvalue weighted by atomic mass is 10.1. The van der Waals surface area contributed by atoms with Crippen molar-refractivity contribution >= 4 is 11.6 Å². The second-order valence-corrected chi connectivity index (χ2v) is 5.56. The van der Waals surface area contributed by atoms with Crippen LogP contribution < -0.4 is 20.1 Å². The maximum atomic E-state index is 13.5. The van der Waals surface area contributed by atoms with Crippen molar-refractivity contribution < 1.29 is 23.0 Å². The molecule has 0 atom stereocenters. The molecule has 2 aromatic rings. The first-order chi connectivity index (χ1) is 12.5. The van der Waals surface area contributed by atoms with Gasteiger partial charge in [-0.1, -0.05) is 12.1 Å². The van der Waals surface area contributed by atoms with E-state index in [2.05, 4.69) is 10.6 Å². The number of rotatable bonds is 9. The number of methoxy groups -OCH3 is 2. The van der Waals surface area contributed by atoms with Gasteiger partial charge in [-0.15, -0.1) is 0 Å². The molecule has 0 radical (unpaired) electrons. The van der Waals surface area contributed by atoms with Crippen molar-refractivity contribution in [3.8, 4) is 11.5 Å². The van der Waals surface area contributed by atoms with Gasteiger partial charge in [0.25, 0.3) is 0 Å². The molecule has 0 unspecified atom stereocenters. The van der Waals surface area contributed by atoms with E-state index in [1.54, 1.807) is 14.2 Å². The van der Waals surface area contributed by atoms with Gasteiger partial charge < -0.3 is 20.1 Å². The van der Waals surface area contributed by atoms with Crippen LogP contribution in [0.2, 0.25) is 0 Å². The van der Waals surface area contributed by atoms with E-state index in [9.17, 15) is 13.6 Å². The van der Waals surface area contributed by atoms with Crippen LogP contribution in [0.15, 0.2) is 36.4 Å². The van der Waals surface area contributed by atoms with Crippen LogP contribution in [0.25, 0.3) is 0 Å². The smallest absolute Gasteiger partial charge is 0.221 e. The summed E-state index contributed by atoms with van der Waals surface area (Å²) in [5.74, 6) is -0.286. The molecule has 2 aromatic carbocycles. The van der Waals surface area contributed by atoms with Crippen molar-refractivity contribution in [1.82, 2.24) is 5.32 Å². The predicted octanol–water partition coefficient (Wildman–Crippen LogP) is 3.14. The summed E-state index contributed by atoms with van der Waals surface area (Å²) in [5, 5.41) is 5.38. The first-order valence-electron chi connectivity index (χ1n) is 8.20. The number of amides is 1. The van der Waals surface area contributed by atoms with Crippen LogP contribution >= 0.6 is 0 Å². The SMILES string of the molecule is COc1ccc(CCNC(=O)CCNc2c(F)cccc2F)cc1OC. The maximum absolute atomic E-state index is 13.5. The molecule has 0 saturated carbocycles. The topological polar surface area (TPSA) is 59.6 Å². The number of benzene rings is 2. The number of halogens is 2. The zero-order valence-electron chi connectivity index (χ0n) is 14.8. The monoisotopic (exact) mass is 364 g/mol. The molecule has 0 fully saturated rings. The van der Waals surface area contributed by atoms with Crippen molar-refractivity contribution in [3.05, 3.63) is 53.6 Å². The minimum Gasteiger partial charge on any atom is -0.493 e. The molecule has 0 heterocycles. The Morgan fingerprint density at radius 2 is 1.69 bits per heavy atom. The molecule has 2 rings (SSSR count). The fourth-order valence-electron chi connectivity index (χ4n) is 2.44. The average Bonchev–Trinajstić information content (AvgIpc) is 2.64. The Balaban J connectivity index is 1.74. The Kier molecular flexibility index (Phi) is 7.20. The second-order valence-electron chi connectivity index (χ2n) is 5.56. The summed E-state index contributed by atoms with van der Waals surface area (Å²) in [6, 6.07) is 9.17. The van der Waals surface area contributed by atoms with Gasteiger partial charge in [0.05, 0.1) is 14.2 Å². The Labute approximate surface area is 151 Å². The number of anilines is 1. The molecule has 5 nitrogen and oxygen atoms in total. The third kappa shape index (κ3) is 5.34. The molecule has 1 amide bonds. The first-order valence-corrected chi connectivity index (χ1v) is 8.20. The van der Waals surface area contributed by atoms with Gasteiger partial charge in [0.2, 0.25) is 5.91 Å². The lowest BCUT2D eigenvalue weighted by molar-refractivity contribution is -0.120. The molecule has 0 aliphatic carbocycles. The van der Waals surface area contributed by atoms with Crippen LogP contribution in [0.3, 0.4) is 0 Å². The zero-order chi connectivity index (χ0) is 18.9. The second kappa shape index (κ2) is 9.60. The van der Waals surface area contributed by atoms with E-state index in [-0.39, 0.29) is 24.6 Å². The van der Waals surface area contributed by atoms with Gasteiger partial charge >= 0.3 is 0 Å². The highest BCUT2D eigenvalue weighted by Gasteiger charge is 2.09. The Morgan fingerprint density at radius 3 is 2.35 bits per heavy atom. The third-order valence-corrected chi connectivity index (χ3v) is 3.80. The standard InChI is InChI=1S/C19H22F2N2O3/c1-25-16-7-6-13(12-17(16)26-2)8-10-22-18(24)9-11-23-19-14(20)4-3-5-15(19)21/h3-7,12,23H,8-11H2,1-2H3,(H,22,24). The van der Waals surface area contributed by atoms with Gasteiger partial charge in [-0.2, -0.15) is 0 Å². The van der Waals surface area contributed by atoms with Crippen LogP contribution in [0.5, 0.6) is 11.5 Å². The number of carbonyl (C=O) groups excluding carboxylic acids is 1. The minimum absolute atomic E-state index is 0.111. The maximum Gasteiger partial charge on any atom is 0.221 e. The molecular weight excluding hydrogens is 342 g/mol. The lowest BCUT2D eigenvalue weighted by Gasteiger charge is -2.11.